The summed E-state index contributed by atoms with van der Waals surface area (Å²) < 4.78 is 3.79. The molecule has 8 heteroatoms. The van der Waals surface area contributed by atoms with Gasteiger partial charge < -0.3 is 4.90 Å². The second-order valence-electron chi connectivity index (χ2n) is 6.47. The first-order chi connectivity index (χ1) is 11.2. The first kappa shape index (κ1) is 15.2. The van der Waals surface area contributed by atoms with Gasteiger partial charge in [0.1, 0.15) is 5.01 Å². The fraction of sp³-hybridized carbons (Fsp3) is 0.600. The summed E-state index contributed by atoms with van der Waals surface area (Å²) in [6.45, 7) is 4.91. The van der Waals surface area contributed by atoms with Crippen LogP contribution in [-0.4, -0.2) is 56.5 Å². The van der Waals surface area contributed by atoms with Crippen LogP contribution in [0.15, 0.2) is 17.0 Å². The molecule has 0 atom stereocenters. The van der Waals surface area contributed by atoms with E-state index in [1.165, 1.54) is 23.0 Å². The van der Waals surface area contributed by atoms with E-state index in [4.69, 9.17) is 0 Å². The van der Waals surface area contributed by atoms with E-state index < -0.39 is 0 Å². The van der Waals surface area contributed by atoms with Gasteiger partial charge in [-0.15, -0.1) is 16.4 Å². The zero-order chi connectivity index (χ0) is 15.7. The summed E-state index contributed by atoms with van der Waals surface area (Å²) in [6.07, 6.45) is 5.29. The number of thiazole rings is 1. The molecule has 2 aliphatic rings. The lowest BCUT2D eigenvalue weighted by Gasteiger charge is -2.39. The highest BCUT2D eigenvalue weighted by molar-refractivity contribution is 7.09. The summed E-state index contributed by atoms with van der Waals surface area (Å²) in [5, 5.41) is 8.87. The molecule has 1 amide bonds. The van der Waals surface area contributed by atoms with Crippen molar-refractivity contribution < 1.29 is 4.79 Å². The number of aromatic nitrogens is 3. The second kappa shape index (κ2) is 6.26. The van der Waals surface area contributed by atoms with Gasteiger partial charge in [-0.25, -0.2) is 4.98 Å². The van der Waals surface area contributed by atoms with Gasteiger partial charge in [-0.3, -0.25) is 9.69 Å². The summed E-state index contributed by atoms with van der Waals surface area (Å²) in [7, 11) is 0. The van der Waals surface area contributed by atoms with E-state index in [1.54, 1.807) is 16.7 Å². The van der Waals surface area contributed by atoms with Crippen LogP contribution < -0.4 is 0 Å². The van der Waals surface area contributed by atoms with Crippen LogP contribution in [-0.2, 0) is 6.54 Å². The predicted molar refractivity (Wildman–Crippen MR) is 89.5 cm³/mol. The number of carbonyl (C=O) groups excluding carboxylic acids is 1. The molecule has 0 aromatic carbocycles. The molecule has 2 fully saturated rings. The Labute approximate surface area is 143 Å². The van der Waals surface area contributed by atoms with Crippen molar-refractivity contribution in [3.8, 4) is 0 Å². The van der Waals surface area contributed by atoms with Gasteiger partial charge in [0, 0.05) is 36.6 Å². The topological polar surface area (TPSA) is 62.2 Å². The largest absolute Gasteiger partial charge is 0.337 e. The van der Waals surface area contributed by atoms with Gasteiger partial charge in [-0.2, -0.15) is 0 Å². The number of hydrogen-bond donors (Lipinski definition) is 0. The Balaban J connectivity index is 1.33. The summed E-state index contributed by atoms with van der Waals surface area (Å²) in [5.74, 6) is 0.0336. The second-order valence-corrected chi connectivity index (χ2v) is 8.06. The molecule has 0 radical (unpaired) electrons. The summed E-state index contributed by atoms with van der Waals surface area (Å²) in [4.78, 5) is 21.2. The molecular weight excluding hydrogens is 330 g/mol. The fourth-order valence-corrected chi connectivity index (χ4v) is 4.78. The van der Waals surface area contributed by atoms with Crippen LogP contribution in [0.4, 0.5) is 0 Å². The minimum Gasteiger partial charge on any atom is -0.337 e. The van der Waals surface area contributed by atoms with Crippen molar-refractivity contribution in [3.63, 3.8) is 0 Å². The molecule has 0 bridgehead atoms. The maximum atomic E-state index is 12.4. The Kier molecular flexibility index (Phi) is 4.13. The van der Waals surface area contributed by atoms with Gasteiger partial charge in [-0.05, 0) is 42.8 Å². The van der Waals surface area contributed by atoms with E-state index in [0.717, 1.165) is 45.6 Å². The first-order valence-electron chi connectivity index (χ1n) is 7.91. The van der Waals surface area contributed by atoms with E-state index in [1.807, 2.05) is 16.5 Å². The lowest BCUT2D eigenvalue weighted by Crippen LogP contribution is -2.44. The third-order valence-corrected chi connectivity index (χ3v) is 6.32. The number of carbonyl (C=O) groups is 1. The van der Waals surface area contributed by atoms with Crippen LogP contribution >= 0.6 is 22.9 Å². The Hall–Kier alpha value is -1.38. The molecule has 1 spiro atoms. The van der Waals surface area contributed by atoms with Gasteiger partial charge >= 0.3 is 0 Å². The summed E-state index contributed by atoms with van der Waals surface area (Å²) in [5.41, 5.74) is 0.872. The molecule has 4 heterocycles. The molecule has 0 aliphatic carbocycles. The van der Waals surface area contributed by atoms with Crippen LogP contribution in [0.5, 0.6) is 0 Å². The quantitative estimate of drug-likeness (QED) is 0.849. The molecule has 2 aromatic rings. The van der Waals surface area contributed by atoms with Crippen LogP contribution in [0.2, 0.25) is 0 Å². The van der Waals surface area contributed by atoms with Crippen molar-refractivity contribution in [1.29, 1.82) is 0 Å². The van der Waals surface area contributed by atoms with Crippen molar-refractivity contribution in [1.82, 2.24) is 24.4 Å². The van der Waals surface area contributed by atoms with E-state index in [9.17, 15) is 4.79 Å². The smallest absolute Gasteiger partial charge is 0.275 e. The van der Waals surface area contributed by atoms with Gasteiger partial charge in [-0.1, -0.05) is 4.49 Å². The zero-order valence-corrected chi connectivity index (χ0v) is 14.5. The minimum atomic E-state index is 0.0336. The van der Waals surface area contributed by atoms with E-state index in [2.05, 4.69) is 19.5 Å². The molecule has 23 heavy (non-hydrogen) atoms. The molecule has 0 unspecified atom stereocenters. The number of rotatable bonds is 3. The van der Waals surface area contributed by atoms with E-state index >= 15 is 0 Å². The number of amides is 1. The van der Waals surface area contributed by atoms with Crippen LogP contribution in [0.25, 0.3) is 0 Å². The Morgan fingerprint density at radius 3 is 2.78 bits per heavy atom. The molecule has 6 nitrogen and oxygen atoms in total. The third-order valence-electron chi connectivity index (χ3n) is 5.05. The minimum absolute atomic E-state index is 0.0336. The van der Waals surface area contributed by atoms with Gasteiger partial charge in [0.15, 0.2) is 5.69 Å². The van der Waals surface area contributed by atoms with Crippen molar-refractivity contribution in [2.45, 2.75) is 25.8 Å². The predicted octanol–water partition coefficient (Wildman–Crippen LogP) is 2.12. The van der Waals surface area contributed by atoms with Gasteiger partial charge in [0.25, 0.3) is 5.91 Å². The zero-order valence-electron chi connectivity index (χ0n) is 12.8. The number of hydrogen-bond acceptors (Lipinski definition) is 7. The molecule has 0 N–H and O–H groups in total. The van der Waals surface area contributed by atoms with Crippen molar-refractivity contribution in [2.75, 3.05) is 26.2 Å². The molecule has 122 valence electrons. The lowest BCUT2D eigenvalue weighted by molar-refractivity contribution is 0.0582. The molecular formula is C15H19N5OS2. The Morgan fingerprint density at radius 1 is 1.26 bits per heavy atom. The highest BCUT2D eigenvalue weighted by atomic mass is 32.1. The maximum absolute atomic E-state index is 12.4. The standard InChI is InChI=1S/C15H19N5OS2/c21-14(12-10-23-18-17-12)20-6-2-15(3-7-20)1-5-19(11-15)9-13-16-4-8-22-13/h4,8,10H,1-3,5-7,9,11H2. The van der Waals surface area contributed by atoms with E-state index in [-0.39, 0.29) is 5.91 Å². The highest BCUT2D eigenvalue weighted by Crippen LogP contribution is 2.41. The first-order valence-corrected chi connectivity index (χ1v) is 9.63. The molecule has 2 aliphatic heterocycles. The van der Waals surface area contributed by atoms with Crippen LogP contribution in [0.3, 0.4) is 0 Å². The normalized spacial score (nSPS) is 21.1. The monoisotopic (exact) mass is 349 g/mol. The molecule has 2 aromatic heterocycles. The maximum Gasteiger partial charge on any atom is 0.275 e. The average Bonchev–Trinajstić information content (AvgIpc) is 3.31. The molecule has 4 rings (SSSR count). The molecule has 2 saturated heterocycles. The van der Waals surface area contributed by atoms with E-state index in [0.29, 0.717) is 11.1 Å². The van der Waals surface area contributed by atoms with Crippen molar-refractivity contribution in [2.24, 2.45) is 5.41 Å². The SMILES string of the molecule is O=C(c1csnn1)N1CCC2(CCN(Cc3nccs3)C2)CC1. The molecule has 0 saturated carbocycles. The average molecular weight is 349 g/mol. The van der Waals surface area contributed by atoms with Crippen LogP contribution in [0, 0.1) is 5.41 Å². The summed E-state index contributed by atoms with van der Waals surface area (Å²) in [6, 6.07) is 0. The Bertz CT molecular complexity index is 649. The van der Waals surface area contributed by atoms with Crippen molar-refractivity contribution in [3.05, 3.63) is 27.7 Å². The lowest BCUT2D eigenvalue weighted by atomic mass is 9.77. The number of piperidine rings is 1. The number of nitrogens with zero attached hydrogens (tertiary/aromatic N) is 5. The van der Waals surface area contributed by atoms with Crippen LogP contribution in [0.1, 0.15) is 34.8 Å². The summed E-state index contributed by atoms with van der Waals surface area (Å²) >= 11 is 2.96. The van der Waals surface area contributed by atoms with Gasteiger partial charge in [0.2, 0.25) is 0 Å². The highest BCUT2D eigenvalue weighted by Gasteiger charge is 2.41. The van der Waals surface area contributed by atoms with Crippen molar-refractivity contribution >= 4 is 28.8 Å². The Morgan fingerprint density at radius 2 is 2.09 bits per heavy atom. The van der Waals surface area contributed by atoms with Gasteiger partial charge in [0.05, 0.1) is 6.54 Å². The third kappa shape index (κ3) is 3.15. The number of likely N-dealkylation sites (tertiary alicyclic amines) is 2. The fourth-order valence-electron chi connectivity index (χ4n) is 3.70.